The van der Waals surface area contributed by atoms with Gasteiger partial charge in [-0.05, 0) is 6.92 Å². The highest BCUT2D eigenvalue weighted by Crippen LogP contribution is 2.36. The molecule has 4 atom stereocenters. The molecule has 0 radical (unpaired) electrons. The second-order valence-electron chi connectivity index (χ2n) is 2.71. The van der Waals surface area contributed by atoms with Gasteiger partial charge in [-0.25, -0.2) is 9.18 Å². The van der Waals surface area contributed by atoms with Gasteiger partial charge in [0.05, 0.1) is 7.11 Å². The highest BCUT2D eigenvalue weighted by Gasteiger charge is 2.44. The average molecular weight is 210 g/mol. The first kappa shape index (κ1) is 10.6. The number of ether oxygens (including phenoxy) is 2. The van der Waals surface area contributed by atoms with Crippen molar-refractivity contribution < 1.29 is 23.8 Å². The summed E-state index contributed by atoms with van der Waals surface area (Å²) in [5, 5.41) is 8.82. The SMILES string of the molecule is COC(=O)O[C@H]1[C@H](F)C(O)S[C@@H]1C. The van der Waals surface area contributed by atoms with Crippen molar-refractivity contribution in [1.82, 2.24) is 0 Å². The number of carbonyl (C=O) groups is 1. The summed E-state index contributed by atoms with van der Waals surface area (Å²) in [7, 11) is 1.15. The summed E-state index contributed by atoms with van der Waals surface area (Å²) in [5.41, 5.74) is -1.12. The van der Waals surface area contributed by atoms with E-state index < -0.39 is 23.9 Å². The first-order valence-electron chi connectivity index (χ1n) is 3.78. The van der Waals surface area contributed by atoms with Crippen molar-refractivity contribution in [1.29, 1.82) is 0 Å². The third-order valence-corrected chi connectivity index (χ3v) is 3.04. The lowest BCUT2D eigenvalue weighted by molar-refractivity contribution is -0.00842. The Morgan fingerprint density at radius 1 is 1.62 bits per heavy atom. The van der Waals surface area contributed by atoms with Crippen LogP contribution in [0, 0.1) is 0 Å². The van der Waals surface area contributed by atoms with Gasteiger partial charge >= 0.3 is 6.16 Å². The second kappa shape index (κ2) is 4.15. The zero-order valence-electron chi connectivity index (χ0n) is 7.27. The molecule has 1 heterocycles. The van der Waals surface area contributed by atoms with Gasteiger partial charge in [-0.2, -0.15) is 0 Å². The van der Waals surface area contributed by atoms with E-state index in [0.717, 1.165) is 18.9 Å². The predicted octanol–water partition coefficient (Wildman–Crippen LogP) is 0.930. The molecule has 0 aromatic rings. The summed E-state index contributed by atoms with van der Waals surface area (Å²) < 4.78 is 22.0. The van der Waals surface area contributed by atoms with Crippen LogP contribution in [0.15, 0.2) is 0 Å². The molecule has 0 aromatic carbocycles. The number of alkyl halides is 1. The van der Waals surface area contributed by atoms with E-state index >= 15 is 0 Å². The molecule has 13 heavy (non-hydrogen) atoms. The van der Waals surface area contributed by atoms with E-state index in [1.54, 1.807) is 6.92 Å². The highest BCUT2D eigenvalue weighted by atomic mass is 32.2. The molecular formula is C7H11FO4S. The van der Waals surface area contributed by atoms with Crippen molar-refractivity contribution in [3.8, 4) is 0 Å². The minimum absolute atomic E-state index is 0.260. The molecule has 76 valence electrons. The number of thioether (sulfide) groups is 1. The lowest BCUT2D eigenvalue weighted by Gasteiger charge is -2.16. The molecule has 1 aliphatic heterocycles. The van der Waals surface area contributed by atoms with Gasteiger partial charge in [-0.3, -0.25) is 0 Å². The maximum atomic E-state index is 13.1. The maximum Gasteiger partial charge on any atom is 0.508 e. The van der Waals surface area contributed by atoms with Gasteiger partial charge in [0.2, 0.25) is 0 Å². The number of methoxy groups -OCH3 is 1. The van der Waals surface area contributed by atoms with Crippen molar-refractivity contribution in [2.45, 2.75) is 29.9 Å². The summed E-state index contributed by atoms with van der Waals surface area (Å²) in [6, 6.07) is 0. The minimum Gasteiger partial charge on any atom is -0.438 e. The Hall–Kier alpha value is -0.490. The van der Waals surface area contributed by atoms with Crippen LogP contribution in [0.25, 0.3) is 0 Å². The summed E-state index contributed by atoms with van der Waals surface area (Å²) >= 11 is 1.04. The molecule has 6 heteroatoms. The standard InChI is InChI=1S/C7H11FO4S/c1-3-5(12-7(10)11-2)4(8)6(9)13-3/h3-6,9H,1-2H3/t3-,4+,5-,6?/m1/s1. The molecule has 0 bridgehead atoms. The minimum atomic E-state index is -1.54. The van der Waals surface area contributed by atoms with Crippen LogP contribution >= 0.6 is 11.8 Å². The average Bonchev–Trinajstić information content (AvgIpc) is 2.32. The number of hydrogen-bond donors (Lipinski definition) is 1. The third-order valence-electron chi connectivity index (χ3n) is 1.80. The van der Waals surface area contributed by atoms with Gasteiger partial charge in [-0.15, -0.1) is 11.8 Å². The predicted molar refractivity (Wildman–Crippen MR) is 45.2 cm³/mol. The van der Waals surface area contributed by atoms with Crippen molar-refractivity contribution in [3.63, 3.8) is 0 Å². The van der Waals surface area contributed by atoms with Gasteiger partial charge < -0.3 is 14.6 Å². The Bertz CT molecular complexity index is 201. The fraction of sp³-hybridized carbons (Fsp3) is 0.857. The molecule has 1 unspecified atom stereocenters. The first-order chi connectivity index (χ1) is 6.06. The monoisotopic (exact) mass is 210 g/mol. The summed E-state index contributed by atoms with van der Waals surface area (Å²) in [6.45, 7) is 1.68. The van der Waals surface area contributed by atoms with E-state index in [4.69, 9.17) is 5.11 Å². The molecule has 0 spiro atoms. The fourth-order valence-corrected chi connectivity index (χ4v) is 2.22. The van der Waals surface area contributed by atoms with Gasteiger partial charge in [0.15, 0.2) is 12.3 Å². The van der Waals surface area contributed by atoms with Gasteiger partial charge in [0.1, 0.15) is 5.44 Å². The topological polar surface area (TPSA) is 55.8 Å². The third kappa shape index (κ3) is 2.25. The number of carbonyl (C=O) groups excluding carboxylic acids is 1. The first-order valence-corrected chi connectivity index (χ1v) is 4.72. The van der Waals surface area contributed by atoms with Gasteiger partial charge in [0.25, 0.3) is 0 Å². The zero-order valence-corrected chi connectivity index (χ0v) is 8.08. The van der Waals surface area contributed by atoms with E-state index in [2.05, 4.69) is 9.47 Å². The van der Waals surface area contributed by atoms with Crippen molar-refractivity contribution in [2.75, 3.05) is 7.11 Å². The van der Waals surface area contributed by atoms with E-state index in [-0.39, 0.29) is 5.25 Å². The molecule has 0 aliphatic carbocycles. The molecule has 1 fully saturated rings. The van der Waals surface area contributed by atoms with Crippen LogP contribution in [0.5, 0.6) is 0 Å². The number of hydrogen-bond acceptors (Lipinski definition) is 5. The Balaban J connectivity index is 2.53. The van der Waals surface area contributed by atoms with Crippen LogP contribution in [0.1, 0.15) is 6.92 Å². The molecule has 1 rings (SSSR count). The Morgan fingerprint density at radius 3 is 2.62 bits per heavy atom. The van der Waals surface area contributed by atoms with Crippen LogP contribution < -0.4 is 0 Å². The largest absolute Gasteiger partial charge is 0.508 e. The quantitative estimate of drug-likeness (QED) is 0.652. The van der Waals surface area contributed by atoms with Crippen LogP contribution in [0.3, 0.4) is 0 Å². The summed E-state index contributed by atoms with van der Waals surface area (Å²) in [6.07, 6.45) is -3.39. The molecule has 1 N–H and O–H groups in total. The molecule has 1 aliphatic rings. The number of aliphatic hydroxyl groups excluding tert-OH is 1. The molecular weight excluding hydrogens is 199 g/mol. The highest BCUT2D eigenvalue weighted by molar-refractivity contribution is 8.00. The Morgan fingerprint density at radius 2 is 2.23 bits per heavy atom. The van der Waals surface area contributed by atoms with Gasteiger partial charge in [0, 0.05) is 5.25 Å². The van der Waals surface area contributed by atoms with E-state index in [1.807, 2.05) is 0 Å². The van der Waals surface area contributed by atoms with Crippen molar-refractivity contribution in [2.24, 2.45) is 0 Å². The molecule has 0 aromatic heterocycles. The Labute approximate surface area is 79.4 Å². The maximum absolute atomic E-state index is 13.1. The molecule has 0 amide bonds. The molecule has 4 nitrogen and oxygen atoms in total. The molecule has 0 saturated carbocycles. The van der Waals surface area contributed by atoms with Crippen molar-refractivity contribution in [3.05, 3.63) is 0 Å². The lowest BCUT2D eigenvalue weighted by Crippen LogP contribution is -2.33. The fourth-order valence-electron chi connectivity index (χ4n) is 1.11. The van der Waals surface area contributed by atoms with Crippen LogP contribution in [0.4, 0.5) is 9.18 Å². The van der Waals surface area contributed by atoms with Crippen molar-refractivity contribution >= 4 is 17.9 Å². The van der Waals surface area contributed by atoms with Crippen LogP contribution in [-0.4, -0.2) is 41.3 Å². The lowest BCUT2D eigenvalue weighted by atomic mass is 10.2. The summed E-state index contributed by atoms with van der Waals surface area (Å²) in [5.74, 6) is 0. The Kier molecular flexibility index (Phi) is 3.38. The number of halogens is 1. The van der Waals surface area contributed by atoms with E-state index in [0.29, 0.717) is 0 Å². The second-order valence-corrected chi connectivity index (χ2v) is 4.21. The van der Waals surface area contributed by atoms with Crippen LogP contribution in [-0.2, 0) is 9.47 Å². The zero-order chi connectivity index (χ0) is 10.0. The molecule has 1 saturated heterocycles. The number of aliphatic hydroxyl groups is 1. The normalized spacial score (nSPS) is 38.8. The number of rotatable bonds is 1. The summed E-state index contributed by atoms with van der Waals surface area (Å²) in [4.78, 5) is 10.7. The van der Waals surface area contributed by atoms with Gasteiger partial charge in [-0.1, -0.05) is 0 Å². The van der Waals surface area contributed by atoms with Crippen LogP contribution in [0.2, 0.25) is 0 Å². The smallest absolute Gasteiger partial charge is 0.438 e. The van der Waals surface area contributed by atoms with E-state index in [1.165, 1.54) is 0 Å². The van der Waals surface area contributed by atoms with E-state index in [9.17, 15) is 9.18 Å².